The Morgan fingerprint density at radius 1 is 1.43 bits per heavy atom. The van der Waals surface area contributed by atoms with Crippen LogP contribution in [0.25, 0.3) is 0 Å². The second-order valence-corrected chi connectivity index (χ2v) is 7.09. The first-order chi connectivity index (χ1) is 10.8. The number of sulfonamides is 1. The van der Waals surface area contributed by atoms with E-state index in [4.69, 9.17) is 21.4 Å². The summed E-state index contributed by atoms with van der Waals surface area (Å²) in [6.07, 6.45) is -1.12. The number of carbonyl (C=O) groups is 2. The van der Waals surface area contributed by atoms with Gasteiger partial charge in [-0.25, -0.2) is 17.9 Å². The van der Waals surface area contributed by atoms with Gasteiger partial charge in [-0.05, 0) is 25.2 Å². The fraction of sp³-hybridized carbons (Fsp3) is 0.385. The summed E-state index contributed by atoms with van der Waals surface area (Å²) in [5.41, 5.74) is -0.00553. The summed E-state index contributed by atoms with van der Waals surface area (Å²) in [4.78, 5) is 24.7. The molecule has 0 aliphatic carbocycles. The highest BCUT2D eigenvalue weighted by Crippen LogP contribution is 2.23. The number of carbonyl (C=O) groups excluding carboxylic acids is 1. The summed E-state index contributed by atoms with van der Waals surface area (Å²) >= 11 is 5.99. The zero-order chi connectivity index (χ0) is 17.2. The number of carboxylic acid groups (broad SMARTS) is 1. The van der Waals surface area contributed by atoms with Gasteiger partial charge in [0.2, 0.25) is 10.0 Å². The maximum Gasteiger partial charge on any atom is 0.334 e. The van der Waals surface area contributed by atoms with Crippen LogP contribution in [-0.2, 0) is 19.6 Å². The highest BCUT2D eigenvalue weighted by atomic mass is 35.5. The summed E-state index contributed by atoms with van der Waals surface area (Å²) in [7, 11) is -2.47. The number of rotatable bonds is 4. The summed E-state index contributed by atoms with van der Waals surface area (Å²) in [5.74, 6) is -1.71. The first-order valence-corrected chi connectivity index (χ1v) is 8.49. The van der Waals surface area contributed by atoms with Gasteiger partial charge < -0.3 is 14.7 Å². The van der Waals surface area contributed by atoms with Crippen molar-refractivity contribution < 1.29 is 27.9 Å². The van der Waals surface area contributed by atoms with Crippen molar-refractivity contribution in [3.8, 4) is 0 Å². The molecule has 1 amide bonds. The summed E-state index contributed by atoms with van der Waals surface area (Å²) in [6, 6.07) is 3.76. The van der Waals surface area contributed by atoms with E-state index >= 15 is 0 Å². The number of benzene rings is 1. The molecule has 23 heavy (non-hydrogen) atoms. The highest BCUT2D eigenvalue weighted by Gasteiger charge is 2.30. The lowest BCUT2D eigenvalue weighted by Crippen LogP contribution is -2.48. The van der Waals surface area contributed by atoms with Crippen LogP contribution in [0.3, 0.4) is 0 Å². The summed E-state index contributed by atoms with van der Waals surface area (Å²) in [6.45, 7) is 0.143. The van der Waals surface area contributed by atoms with Crippen LogP contribution in [0.5, 0.6) is 0 Å². The normalized spacial score (nSPS) is 18.7. The Morgan fingerprint density at radius 2 is 2.13 bits per heavy atom. The molecule has 0 saturated carbocycles. The molecule has 1 atom stereocenters. The van der Waals surface area contributed by atoms with Crippen molar-refractivity contribution in [3.63, 3.8) is 0 Å². The number of nitrogens with zero attached hydrogens (tertiary/aromatic N) is 1. The van der Waals surface area contributed by atoms with Crippen LogP contribution in [0, 0.1) is 0 Å². The highest BCUT2D eigenvalue weighted by molar-refractivity contribution is 7.89. The lowest BCUT2D eigenvalue weighted by molar-refractivity contribution is -0.154. The van der Waals surface area contributed by atoms with E-state index in [-0.39, 0.29) is 35.2 Å². The number of morpholine rings is 1. The predicted octanol–water partition coefficient (Wildman–Crippen LogP) is 0.174. The lowest BCUT2D eigenvalue weighted by atomic mass is 10.1. The quantitative estimate of drug-likeness (QED) is 0.789. The first kappa shape index (κ1) is 17.7. The maximum atomic E-state index is 12.5. The van der Waals surface area contributed by atoms with E-state index in [1.54, 1.807) is 0 Å². The molecule has 2 rings (SSSR count). The number of aliphatic carboxylic acids is 1. The standard InChI is InChI=1S/C13H15ClN2O6S/c1-15-23(20,21)8-2-3-10(14)9(6-8)12(17)16-4-5-22-11(7-16)13(18)19/h2-3,6,11,15H,4-5,7H2,1H3,(H,18,19)/t11-/m1/s1. The van der Waals surface area contributed by atoms with Crippen molar-refractivity contribution in [2.45, 2.75) is 11.0 Å². The van der Waals surface area contributed by atoms with E-state index in [2.05, 4.69) is 4.72 Å². The van der Waals surface area contributed by atoms with Crippen molar-refractivity contribution in [1.29, 1.82) is 0 Å². The zero-order valence-electron chi connectivity index (χ0n) is 12.2. The maximum absolute atomic E-state index is 12.5. The van der Waals surface area contributed by atoms with Crippen LogP contribution >= 0.6 is 11.6 Å². The summed E-state index contributed by atoms with van der Waals surface area (Å²) in [5, 5.41) is 9.06. The SMILES string of the molecule is CNS(=O)(=O)c1ccc(Cl)c(C(=O)N2CCO[C@@H](C(=O)O)C2)c1. The molecule has 1 heterocycles. The molecule has 0 spiro atoms. The first-order valence-electron chi connectivity index (χ1n) is 6.63. The van der Waals surface area contributed by atoms with Gasteiger partial charge in [0.05, 0.1) is 28.6 Å². The number of halogens is 1. The minimum absolute atomic E-state index is 0.00553. The number of nitrogens with one attached hydrogen (secondary N) is 1. The Balaban J connectivity index is 2.32. The minimum Gasteiger partial charge on any atom is -0.479 e. The predicted molar refractivity (Wildman–Crippen MR) is 81.0 cm³/mol. The molecule has 0 aromatic heterocycles. The number of amides is 1. The van der Waals surface area contributed by atoms with Crippen LogP contribution < -0.4 is 4.72 Å². The van der Waals surface area contributed by atoms with Gasteiger partial charge in [0.25, 0.3) is 5.91 Å². The van der Waals surface area contributed by atoms with Gasteiger partial charge in [-0.1, -0.05) is 11.6 Å². The monoisotopic (exact) mass is 362 g/mol. The Morgan fingerprint density at radius 3 is 2.74 bits per heavy atom. The number of carboxylic acids is 1. The molecule has 2 N–H and O–H groups in total. The largest absolute Gasteiger partial charge is 0.479 e. The van der Waals surface area contributed by atoms with E-state index in [0.717, 1.165) is 0 Å². The van der Waals surface area contributed by atoms with E-state index < -0.39 is 28.0 Å². The van der Waals surface area contributed by atoms with Crippen molar-refractivity contribution in [2.24, 2.45) is 0 Å². The molecule has 1 saturated heterocycles. The average molecular weight is 363 g/mol. The fourth-order valence-electron chi connectivity index (χ4n) is 2.11. The summed E-state index contributed by atoms with van der Waals surface area (Å²) < 4.78 is 30.9. The molecule has 1 fully saturated rings. The number of ether oxygens (including phenoxy) is 1. The fourth-order valence-corrected chi connectivity index (χ4v) is 3.06. The molecule has 0 bridgehead atoms. The third-order valence-electron chi connectivity index (χ3n) is 3.38. The van der Waals surface area contributed by atoms with Crippen molar-refractivity contribution >= 4 is 33.5 Å². The van der Waals surface area contributed by atoms with Crippen molar-refractivity contribution in [1.82, 2.24) is 9.62 Å². The smallest absolute Gasteiger partial charge is 0.334 e. The second kappa shape index (κ2) is 6.83. The minimum atomic E-state index is -3.72. The molecule has 10 heteroatoms. The third-order valence-corrected chi connectivity index (χ3v) is 5.12. The van der Waals surface area contributed by atoms with E-state index in [1.165, 1.54) is 30.1 Å². The van der Waals surface area contributed by atoms with Crippen LogP contribution in [0.1, 0.15) is 10.4 Å². The molecule has 0 unspecified atom stereocenters. The number of hydrogen-bond donors (Lipinski definition) is 2. The molecule has 126 valence electrons. The molecule has 0 radical (unpaired) electrons. The molecule has 8 nitrogen and oxygen atoms in total. The molecular weight excluding hydrogens is 348 g/mol. The molecule has 1 aromatic rings. The Kier molecular flexibility index (Phi) is 5.25. The number of hydrogen-bond acceptors (Lipinski definition) is 5. The lowest BCUT2D eigenvalue weighted by Gasteiger charge is -2.31. The van der Waals surface area contributed by atoms with Gasteiger partial charge in [-0.2, -0.15) is 0 Å². The van der Waals surface area contributed by atoms with Crippen LogP contribution in [-0.4, -0.2) is 63.1 Å². The average Bonchev–Trinajstić information content (AvgIpc) is 2.54. The zero-order valence-corrected chi connectivity index (χ0v) is 13.7. The third kappa shape index (κ3) is 3.81. The topological polar surface area (TPSA) is 113 Å². The molecular formula is C13H15ClN2O6S. The van der Waals surface area contributed by atoms with E-state index in [1.807, 2.05) is 0 Å². The Labute approximate surface area is 138 Å². The van der Waals surface area contributed by atoms with Gasteiger partial charge in [-0.15, -0.1) is 0 Å². The van der Waals surface area contributed by atoms with E-state index in [0.29, 0.717) is 0 Å². The van der Waals surface area contributed by atoms with Crippen LogP contribution in [0.15, 0.2) is 23.1 Å². The molecule has 1 aliphatic heterocycles. The van der Waals surface area contributed by atoms with Crippen LogP contribution in [0.4, 0.5) is 0 Å². The Bertz CT molecular complexity index is 736. The Hall–Kier alpha value is -1.68. The van der Waals surface area contributed by atoms with Gasteiger partial charge in [0, 0.05) is 6.54 Å². The molecule has 1 aliphatic rings. The van der Waals surface area contributed by atoms with Crippen LogP contribution in [0.2, 0.25) is 5.02 Å². The van der Waals surface area contributed by atoms with Crippen molar-refractivity contribution in [2.75, 3.05) is 26.7 Å². The van der Waals surface area contributed by atoms with Gasteiger partial charge in [0.1, 0.15) is 0 Å². The van der Waals surface area contributed by atoms with E-state index in [9.17, 15) is 18.0 Å². The van der Waals surface area contributed by atoms with Gasteiger partial charge >= 0.3 is 5.97 Å². The second-order valence-electron chi connectivity index (χ2n) is 4.80. The molecule has 1 aromatic carbocycles. The van der Waals surface area contributed by atoms with Crippen molar-refractivity contribution in [3.05, 3.63) is 28.8 Å². The van der Waals surface area contributed by atoms with Gasteiger partial charge in [0.15, 0.2) is 6.10 Å². The van der Waals surface area contributed by atoms with Gasteiger partial charge in [-0.3, -0.25) is 4.79 Å².